The van der Waals surface area contributed by atoms with Crippen molar-refractivity contribution < 1.29 is 9.18 Å². The van der Waals surface area contributed by atoms with E-state index in [4.69, 9.17) is 0 Å². The van der Waals surface area contributed by atoms with E-state index < -0.39 is 0 Å². The summed E-state index contributed by atoms with van der Waals surface area (Å²) in [5.74, 6) is -0.135. The van der Waals surface area contributed by atoms with Crippen LogP contribution in [0.2, 0.25) is 0 Å². The van der Waals surface area contributed by atoms with Gasteiger partial charge in [-0.3, -0.25) is 4.79 Å². The maximum atomic E-state index is 13.7. The molecule has 0 spiro atoms. The van der Waals surface area contributed by atoms with E-state index in [1.165, 1.54) is 29.1 Å². The van der Waals surface area contributed by atoms with Crippen LogP contribution in [0.1, 0.15) is 5.56 Å². The van der Waals surface area contributed by atoms with Crippen molar-refractivity contribution in [3.63, 3.8) is 0 Å². The third-order valence-electron chi connectivity index (χ3n) is 3.63. The molecule has 122 valence electrons. The molecule has 0 unspecified atom stereocenters. The first-order chi connectivity index (χ1) is 11.6. The Morgan fingerprint density at radius 2 is 1.88 bits per heavy atom. The Hall–Kier alpha value is -2.47. The summed E-state index contributed by atoms with van der Waals surface area (Å²) in [5, 5.41) is 1.70. The summed E-state index contributed by atoms with van der Waals surface area (Å²) in [6, 6.07) is 14.2. The van der Waals surface area contributed by atoms with Gasteiger partial charge in [-0.2, -0.15) is 0 Å². The minimum Gasteiger partial charge on any atom is -0.341 e. The summed E-state index contributed by atoms with van der Waals surface area (Å²) in [6.07, 6.45) is 1.50. The van der Waals surface area contributed by atoms with Crippen LogP contribution in [0.3, 0.4) is 0 Å². The number of nitrogens with zero attached hydrogens (tertiary/aromatic N) is 3. The summed E-state index contributed by atoms with van der Waals surface area (Å²) in [6.45, 7) is 0.247. The second-order valence-electron chi connectivity index (χ2n) is 5.33. The first-order valence-electron chi connectivity index (χ1n) is 7.45. The fourth-order valence-electron chi connectivity index (χ4n) is 2.31. The SMILES string of the molecule is CN(Cc1ccccc1F)C(=O)CSc1ncnc2ccccc12. The zero-order valence-electron chi connectivity index (χ0n) is 13.1. The zero-order chi connectivity index (χ0) is 16.9. The molecular weight excluding hydrogens is 325 g/mol. The first kappa shape index (κ1) is 16.4. The minimum atomic E-state index is -0.299. The third kappa shape index (κ3) is 3.71. The molecular formula is C18H16FN3OS. The van der Waals surface area contributed by atoms with Crippen LogP contribution in [-0.2, 0) is 11.3 Å². The Balaban J connectivity index is 1.65. The van der Waals surface area contributed by atoms with Crippen LogP contribution in [0.25, 0.3) is 10.9 Å². The molecule has 24 heavy (non-hydrogen) atoms. The molecule has 1 heterocycles. The number of para-hydroxylation sites is 1. The van der Waals surface area contributed by atoms with Gasteiger partial charge in [0.1, 0.15) is 17.2 Å². The molecule has 1 amide bonds. The third-order valence-corrected chi connectivity index (χ3v) is 4.62. The Bertz CT molecular complexity index is 866. The molecule has 0 aliphatic carbocycles. The largest absolute Gasteiger partial charge is 0.341 e. The van der Waals surface area contributed by atoms with Crippen LogP contribution < -0.4 is 0 Å². The quantitative estimate of drug-likeness (QED) is 0.526. The van der Waals surface area contributed by atoms with E-state index in [0.717, 1.165) is 15.9 Å². The lowest BCUT2D eigenvalue weighted by molar-refractivity contribution is -0.127. The number of fused-ring (bicyclic) bond motifs is 1. The topological polar surface area (TPSA) is 46.1 Å². The number of rotatable bonds is 5. The fraction of sp³-hybridized carbons (Fsp3) is 0.167. The summed E-state index contributed by atoms with van der Waals surface area (Å²) in [5.41, 5.74) is 1.35. The maximum Gasteiger partial charge on any atom is 0.233 e. The highest BCUT2D eigenvalue weighted by molar-refractivity contribution is 8.00. The van der Waals surface area contributed by atoms with Crippen LogP contribution >= 0.6 is 11.8 Å². The van der Waals surface area contributed by atoms with Crippen LogP contribution in [0.4, 0.5) is 4.39 Å². The number of hydrogen-bond acceptors (Lipinski definition) is 4. The van der Waals surface area contributed by atoms with Crippen molar-refractivity contribution in [2.45, 2.75) is 11.6 Å². The van der Waals surface area contributed by atoms with Crippen LogP contribution in [0.15, 0.2) is 59.9 Å². The van der Waals surface area contributed by atoms with Gasteiger partial charge in [-0.1, -0.05) is 48.2 Å². The Morgan fingerprint density at radius 1 is 1.12 bits per heavy atom. The van der Waals surface area contributed by atoms with Crippen molar-refractivity contribution in [1.82, 2.24) is 14.9 Å². The van der Waals surface area contributed by atoms with Crippen LogP contribution in [-0.4, -0.2) is 33.6 Å². The molecule has 0 saturated heterocycles. The van der Waals surface area contributed by atoms with E-state index in [1.807, 2.05) is 24.3 Å². The smallest absolute Gasteiger partial charge is 0.233 e. The van der Waals surface area contributed by atoms with Crippen LogP contribution in [0, 0.1) is 5.82 Å². The molecule has 0 saturated carbocycles. The predicted octanol–water partition coefficient (Wildman–Crippen LogP) is 3.52. The standard InChI is InChI=1S/C18H16FN3OS/c1-22(10-13-6-2-4-8-15(13)19)17(23)11-24-18-14-7-3-5-9-16(14)20-12-21-18/h2-9,12H,10-11H2,1H3. The number of carbonyl (C=O) groups is 1. The Morgan fingerprint density at radius 3 is 2.71 bits per heavy atom. The highest BCUT2D eigenvalue weighted by Crippen LogP contribution is 2.24. The summed E-state index contributed by atoms with van der Waals surface area (Å²) >= 11 is 1.37. The molecule has 0 fully saturated rings. The van der Waals surface area contributed by atoms with Gasteiger partial charge in [-0.05, 0) is 12.1 Å². The van der Waals surface area contributed by atoms with Crippen molar-refractivity contribution in [2.75, 3.05) is 12.8 Å². The summed E-state index contributed by atoms with van der Waals surface area (Å²) < 4.78 is 13.7. The molecule has 3 rings (SSSR count). The van der Waals surface area contributed by atoms with Gasteiger partial charge in [-0.15, -0.1) is 0 Å². The molecule has 3 aromatic rings. The lowest BCUT2D eigenvalue weighted by atomic mass is 10.2. The number of carbonyl (C=O) groups excluding carboxylic acids is 1. The van der Waals surface area contributed by atoms with Gasteiger partial charge in [-0.25, -0.2) is 14.4 Å². The van der Waals surface area contributed by atoms with Gasteiger partial charge < -0.3 is 4.90 Å². The fourth-order valence-corrected chi connectivity index (χ4v) is 3.24. The Kier molecular flexibility index (Phi) is 5.05. The lowest BCUT2D eigenvalue weighted by Crippen LogP contribution is -2.28. The highest BCUT2D eigenvalue weighted by Gasteiger charge is 2.13. The summed E-state index contributed by atoms with van der Waals surface area (Å²) in [4.78, 5) is 22.3. The molecule has 0 N–H and O–H groups in total. The van der Waals surface area contributed by atoms with Crippen molar-refractivity contribution in [3.8, 4) is 0 Å². The van der Waals surface area contributed by atoms with Crippen molar-refractivity contribution in [2.24, 2.45) is 0 Å². The van der Waals surface area contributed by atoms with Gasteiger partial charge in [0.15, 0.2) is 0 Å². The van der Waals surface area contributed by atoms with Gasteiger partial charge in [0, 0.05) is 24.5 Å². The number of halogens is 1. The van der Waals surface area contributed by atoms with E-state index >= 15 is 0 Å². The van der Waals surface area contributed by atoms with Crippen molar-refractivity contribution >= 4 is 28.6 Å². The van der Waals surface area contributed by atoms with Crippen LogP contribution in [0.5, 0.6) is 0 Å². The second kappa shape index (κ2) is 7.40. The number of thioether (sulfide) groups is 1. The lowest BCUT2D eigenvalue weighted by Gasteiger charge is -2.17. The molecule has 0 bridgehead atoms. The Labute approximate surface area is 143 Å². The van der Waals surface area contributed by atoms with E-state index in [-0.39, 0.29) is 24.0 Å². The normalized spacial score (nSPS) is 10.8. The molecule has 0 aliphatic heterocycles. The molecule has 0 aliphatic rings. The maximum absolute atomic E-state index is 13.7. The van der Waals surface area contributed by atoms with Crippen molar-refractivity contribution in [3.05, 3.63) is 66.2 Å². The number of amides is 1. The average molecular weight is 341 g/mol. The van der Waals surface area contributed by atoms with Gasteiger partial charge >= 0.3 is 0 Å². The first-order valence-corrected chi connectivity index (χ1v) is 8.43. The van der Waals surface area contributed by atoms with Gasteiger partial charge in [0.25, 0.3) is 0 Å². The molecule has 1 aromatic heterocycles. The summed E-state index contributed by atoms with van der Waals surface area (Å²) in [7, 11) is 1.67. The molecule has 0 atom stereocenters. The number of benzene rings is 2. The highest BCUT2D eigenvalue weighted by atomic mass is 32.2. The molecule has 6 heteroatoms. The van der Waals surface area contributed by atoms with E-state index in [9.17, 15) is 9.18 Å². The zero-order valence-corrected chi connectivity index (χ0v) is 14.0. The van der Waals surface area contributed by atoms with E-state index in [1.54, 1.807) is 25.2 Å². The molecule has 2 aromatic carbocycles. The minimum absolute atomic E-state index is 0.0778. The van der Waals surface area contributed by atoms with Gasteiger partial charge in [0.05, 0.1) is 11.3 Å². The van der Waals surface area contributed by atoms with Gasteiger partial charge in [0.2, 0.25) is 5.91 Å². The second-order valence-corrected chi connectivity index (χ2v) is 6.29. The molecule has 0 radical (unpaired) electrons. The van der Waals surface area contributed by atoms with E-state index in [2.05, 4.69) is 9.97 Å². The number of hydrogen-bond donors (Lipinski definition) is 0. The monoisotopic (exact) mass is 341 g/mol. The number of aromatic nitrogens is 2. The molecule has 4 nitrogen and oxygen atoms in total. The predicted molar refractivity (Wildman–Crippen MR) is 93.1 cm³/mol. The van der Waals surface area contributed by atoms with E-state index in [0.29, 0.717) is 5.56 Å². The van der Waals surface area contributed by atoms with Crippen molar-refractivity contribution in [1.29, 1.82) is 0 Å². The average Bonchev–Trinajstić information content (AvgIpc) is 2.61.